The molecule has 2 aromatic heterocycles. The number of carbonyl (C=O) groups is 1. The molecule has 0 aromatic carbocycles. The van der Waals surface area contributed by atoms with Crippen LogP contribution in [0.1, 0.15) is 21.1 Å². The summed E-state index contributed by atoms with van der Waals surface area (Å²) in [4.78, 5) is 33.0. The van der Waals surface area contributed by atoms with E-state index < -0.39 is 5.69 Å². The van der Waals surface area contributed by atoms with Crippen LogP contribution >= 0.6 is 11.3 Å². The van der Waals surface area contributed by atoms with Gasteiger partial charge in [0, 0.05) is 30.6 Å². The molecular formula is C10H11N5O2S. The predicted octanol–water partition coefficient (Wildman–Crippen LogP) is 0.0575. The third kappa shape index (κ3) is 2.07. The summed E-state index contributed by atoms with van der Waals surface area (Å²) in [6.45, 7) is 1.71. The Balaban J connectivity index is 1.78. The molecule has 0 fully saturated rings. The van der Waals surface area contributed by atoms with Gasteiger partial charge in [-0.3, -0.25) is 10.1 Å². The number of aromatic nitrogens is 3. The number of rotatable bonds is 2. The van der Waals surface area contributed by atoms with E-state index in [-0.39, 0.29) is 11.6 Å². The van der Waals surface area contributed by atoms with Crippen molar-refractivity contribution in [1.29, 1.82) is 0 Å². The standard InChI is InChI=1S/C10H11N5O2S/c16-8(6-3-12-9(17)13-6)15-10-14-5-1-2-11-4-7(5)18-10/h3,11H,1-2,4H2,(H2,12,13,17)(H,14,15,16). The van der Waals surface area contributed by atoms with Gasteiger partial charge in [0.2, 0.25) is 0 Å². The zero-order chi connectivity index (χ0) is 12.5. The topological polar surface area (TPSA) is 103 Å². The maximum absolute atomic E-state index is 11.8. The molecule has 0 saturated carbocycles. The molecule has 1 aliphatic rings. The van der Waals surface area contributed by atoms with E-state index in [9.17, 15) is 9.59 Å². The monoisotopic (exact) mass is 265 g/mol. The first-order valence-electron chi connectivity index (χ1n) is 5.51. The summed E-state index contributed by atoms with van der Waals surface area (Å²) in [5.74, 6) is -0.368. The number of H-pyrrole nitrogens is 2. The van der Waals surface area contributed by atoms with E-state index in [2.05, 4.69) is 25.6 Å². The maximum Gasteiger partial charge on any atom is 0.323 e. The highest BCUT2D eigenvalue weighted by Crippen LogP contribution is 2.25. The fraction of sp³-hybridized carbons (Fsp3) is 0.300. The number of nitrogens with zero attached hydrogens (tertiary/aromatic N) is 1. The number of nitrogens with one attached hydrogen (secondary N) is 4. The third-order valence-corrected chi connectivity index (χ3v) is 3.68. The molecule has 1 aliphatic heterocycles. The van der Waals surface area contributed by atoms with E-state index in [4.69, 9.17) is 0 Å². The maximum atomic E-state index is 11.8. The molecule has 0 saturated heterocycles. The first kappa shape index (κ1) is 11.2. The number of amides is 1. The molecule has 0 bridgehead atoms. The highest BCUT2D eigenvalue weighted by Gasteiger charge is 2.17. The van der Waals surface area contributed by atoms with Gasteiger partial charge in [-0.2, -0.15) is 0 Å². The van der Waals surface area contributed by atoms with Crippen molar-refractivity contribution in [2.75, 3.05) is 11.9 Å². The third-order valence-electron chi connectivity index (χ3n) is 2.66. The number of thiazole rings is 1. The molecule has 0 radical (unpaired) electrons. The number of carbonyl (C=O) groups excluding carboxylic acids is 1. The van der Waals surface area contributed by atoms with Crippen molar-refractivity contribution >= 4 is 22.4 Å². The number of imidazole rings is 1. The molecular weight excluding hydrogens is 254 g/mol. The molecule has 0 unspecified atom stereocenters. The zero-order valence-corrected chi connectivity index (χ0v) is 10.2. The fourth-order valence-electron chi connectivity index (χ4n) is 1.80. The molecule has 3 rings (SSSR count). The number of hydrogen-bond donors (Lipinski definition) is 4. The quantitative estimate of drug-likeness (QED) is 0.616. The van der Waals surface area contributed by atoms with Crippen LogP contribution in [0.4, 0.5) is 5.13 Å². The largest absolute Gasteiger partial charge is 0.323 e. The van der Waals surface area contributed by atoms with Crippen molar-refractivity contribution in [3.8, 4) is 0 Å². The smallest absolute Gasteiger partial charge is 0.312 e. The Bertz CT molecular complexity index is 617. The lowest BCUT2D eigenvalue weighted by Gasteiger charge is -2.09. The molecule has 0 atom stereocenters. The SMILES string of the molecule is O=C(Nc1nc2c(s1)CNCC2)c1c[nH]c(=O)[nH]1. The van der Waals surface area contributed by atoms with Crippen molar-refractivity contribution in [1.82, 2.24) is 20.3 Å². The summed E-state index contributed by atoms with van der Waals surface area (Å²) in [7, 11) is 0. The van der Waals surface area contributed by atoms with Crippen LogP contribution in [0, 0.1) is 0 Å². The van der Waals surface area contributed by atoms with Crippen molar-refractivity contribution in [3.63, 3.8) is 0 Å². The fourth-order valence-corrected chi connectivity index (χ4v) is 2.77. The van der Waals surface area contributed by atoms with E-state index in [1.54, 1.807) is 0 Å². The summed E-state index contributed by atoms with van der Waals surface area (Å²) in [5, 5.41) is 6.49. The Kier molecular flexibility index (Phi) is 2.73. The van der Waals surface area contributed by atoms with Crippen LogP contribution in [0.15, 0.2) is 11.0 Å². The molecule has 4 N–H and O–H groups in total. The minimum Gasteiger partial charge on any atom is -0.312 e. The lowest BCUT2D eigenvalue weighted by Crippen LogP contribution is -2.22. The van der Waals surface area contributed by atoms with Gasteiger partial charge in [0.1, 0.15) is 5.69 Å². The van der Waals surface area contributed by atoms with Gasteiger partial charge in [-0.15, -0.1) is 11.3 Å². The van der Waals surface area contributed by atoms with Gasteiger partial charge in [-0.25, -0.2) is 9.78 Å². The molecule has 8 heteroatoms. The van der Waals surface area contributed by atoms with Crippen LogP contribution < -0.4 is 16.3 Å². The van der Waals surface area contributed by atoms with E-state index >= 15 is 0 Å². The van der Waals surface area contributed by atoms with Crippen molar-refractivity contribution in [3.05, 3.63) is 32.9 Å². The Morgan fingerprint density at radius 3 is 3.11 bits per heavy atom. The predicted molar refractivity (Wildman–Crippen MR) is 66.9 cm³/mol. The Morgan fingerprint density at radius 1 is 1.50 bits per heavy atom. The van der Waals surface area contributed by atoms with Crippen molar-refractivity contribution in [2.45, 2.75) is 13.0 Å². The van der Waals surface area contributed by atoms with Crippen molar-refractivity contribution < 1.29 is 4.79 Å². The molecule has 18 heavy (non-hydrogen) atoms. The van der Waals surface area contributed by atoms with E-state index in [1.807, 2.05) is 0 Å². The number of anilines is 1. The van der Waals surface area contributed by atoms with Gasteiger partial charge in [-0.05, 0) is 0 Å². The molecule has 0 spiro atoms. The van der Waals surface area contributed by atoms with Crippen LogP contribution in [0.2, 0.25) is 0 Å². The molecule has 2 aromatic rings. The average molecular weight is 265 g/mol. The Labute approximate surface area is 106 Å². The van der Waals surface area contributed by atoms with Crippen LogP contribution in [-0.4, -0.2) is 27.4 Å². The summed E-state index contributed by atoms with van der Waals surface area (Å²) < 4.78 is 0. The Morgan fingerprint density at radius 2 is 2.39 bits per heavy atom. The summed E-state index contributed by atoms with van der Waals surface area (Å²) in [5.41, 5.74) is 0.839. The van der Waals surface area contributed by atoms with Crippen LogP contribution in [0.3, 0.4) is 0 Å². The van der Waals surface area contributed by atoms with E-state index in [1.165, 1.54) is 17.5 Å². The van der Waals surface area contributed by atoms with Gasteiger partial charge < -0.3 is 15.3 Å². The van der Waals surface area contributed by atoms with E-state index in [0.29, 0.717) is 5.13 Å². The number of fused-ring (bicyclic) bond motifs is 1. The Hall–Kier alpha value is -1.93. The minimum atomic E-state index is -0.400. The van der Waals surface area contributed by atoms with Crippen LogP contribution in [0.5, 0.6) is 0 Å². The lowest BCUT2D eigenvalue weighted by atomic mass is 10.2. The van der Waals surface area contributed by atoms with E-state index in [0.717, 1.165) is 30.1 Å². The highest BCUT2D eigenvalue weighted by molar-refractivity contribution is 7.15. The van der Waals surface area contributed by atoms with Gasteiger partial charge in [-0.1, -0.05) is 0 Å². The van der Waals surface area contributed by atoms with Crippen molar-refractivity contribution in [2.24, 2.45) is 0 Å². The number of aromatic amines is 2. The minimum absolute atomic E-state index is 0.200. The first-order valence-corrected chi connectivity index (χ1v) is 6.32. The van der Waals surface area contributed by atoms with Gasteiger partial charge in [0.05, 0.1) is 5.69 Å². The van der Waals surface area contributed by atoms with Crippen LogP contribution in [0.25, 0.3) is 0 Å². The molecule has 1 amide bonds. The second kappa shape index (κ2) is 4.39. The molecule has 7 nitrogen and oxygen atoms in total. The zero-order valence-electron chi connectivity index (χ0n) is 9.37. The number of hydrogen-bond acceptors (Lipinski definition) is 5. The highest BCUT2D eigenvalue weighted by atomic mass is 32.1. The first-order chi connectivity index (χ1) is 8.72. The normalized spacial score (nSPS) is 14.2. The van der Waals surface area contributed by atoms with Gasteiger partial charge >= 0.3 is 5.69 Å². The lowest BCUT2D eigenvalue weighted by molar-refractivity contribution is 0.102. The summed E-state index contributed by atoms with van der Waals surface area (Å²) >= 11 is 1.46. The average Bonchev–Trinajstić information content (AvgIpc) is 2.94. The molecule has 3 heterocycles. The second-order valence-corrected chi connectivity index (χ2v) is 5.01. The van der Waals surface area contributed by atoms with Gasteiger partial charge in [0.15, 0.2) is 5.13 Å². The summed E-state index contributed by atoms with van der Waals surface area (Å²) in [6.07, 6.45) is 2.22. The summed E-state index contributed by atoms with van der Waals surface area (Å²) in [6, 6.07) is 0. The second-order valence-electron chi connectivity index (χ2n) is 3.93. The van der Waals surface area contributed by atoms with Crippen LogP contribution in [-0.2, 0) is 13.0 Å². The molecule has 0 aliphatic carbocycles. The van der Waals surface area contributed by atoms with Gasteiger partial charge in [0.25, 0.3) is 5.91 Å². The molecule has 94 valence electrons.